The minimum absolute atomic E-state index is 0.0184. The summed E-state index contributed by atoms with van der Waals surface area (Å²) >= 11 is 0. The summed E-state index contributed by atoms with van der Waals surface area (Å²) in [5.74, 6) is -0.474. The lowest BCUT2D eigenvalue weighted by molar-refractivity contribution is -0.123. The number of hydrogen-bond acceptors (Lipinski definition) is 4. The van der Waals surface area contributed by atoms with Crippen LogP contribution in [0.15, 0.2) is 24.3 Å². The summed E-state index contributed by atoms with van der Waals surface area (Å²) in [6.45, 7) is 9.91. The van der Waals surface area contributed by atoms with Gasteiger partial charge in [0.25, 0.3) is 11.8 Å². The topological polar surface area (TPSA) is 69.7 Å². The third-order valence-electron chi connectivity index (χ3n) is 4.06. The Labute approximate surface area is 149 Å². The molecule has 0 bridgehead atoms. The second-order valence-electron chi connectivity index (χ2n) is 7.33. The highest BCUT2D eigenvalue weighted by Crippen LogP contribution is 2.22. The molecule has 1 aromatic carbocycles. The molecule has 1 N–H and O–H groups in total. The zero-order valence-corrected chi connectivity index (χ0v) is 15.5. The van der Waals surface area contributed by atoms with E-state index >= 15 is 0 Å². The first-order valence-electron chi connectivity index (χ1n) is 8.71. The fraction of sp³-hybridized carbons (Fsp3) is 0.526. The number of nitrogens with one attached hydrogen (secondary N) is 1. The maximum atomic E-state index is 12.3. The molecule has 0 spiro atoms. The van der Waals surface area contributed by atoms with Gasteiger partial charge < -0.3 is 5.32 Å². The molecule has 0 fully saturated rings. The molecule has 0 aliphatic carbocycles. The Hall–Kier alpha value is -2.21. The number of benzene rings is 1. The largest absolute Gasteiger partial charge is 0.350 e. The Morgan fingerprint density at radius 3 is 2.16 bits per heavy atom. The highest BCUT2D eigenvalue weighted by atomic mass is 16.2. The van der Waals surface area contributed by atoms with Gasteiger partial charge in [0.2, 0.25) is 5.91 Å². The smallest absolute Gasteiger partial charge is 0.261 e. The third kappa shape index (κ3) is 4.89. The molecule has 25 heavy (non-hydrogen) atoms. The molecule has 1 aromatic rings. The number of nitrogens with zero attached hydrogens (tertiary/aromatic N) is 2. The van der Waals surface area contributed by atoms with Crippen LogP contribution >= 0.6 is 0 Å². The van der Waals surface area contributed by atoms with Crippen molar-refractivity contribution >= 4 is 17.7 Å². The number of amides is 3. The summed E-state index contributed by atoms with van der Waals surface area (Å²) in [5, 5.41) is 2.94. The normalized spacial score (nSPS) is 14.2. The minimum atomic E-state index is -0.253. The molecule has 136 valence electrons. The molecule has 3 amide bonds. The van der Waals surface area contributed by atoms with Crippen molar-refractivity contribution in [2.45, 2.75) is 39.7 Å². The van der Waals surface area contributed by atoms with E-state index in [2.05, 4.69) is 5.32 Å². The standard InChI is InChI=1S/C19H27N3O3/c1-5-21(13-16(23)20-19(2,3)4)11-8-12-22-17(24)14-9-6-7-10-15(14)18(22)25/h6-7,9-10H,5,8,11-13H2,1-4H3,(H,20,23). The maximum Gasteiger partial charge on any atom is 0.261 e. The summed E-state index contributed by atoms with van der Waals surface area (Å²) in [4.78, 5) is 40.0. The van der Waals surface area contributed by atoms with Crippen molar-refractivity contribution in [1.29, 1.82) is 0 Å². The van der Waals surface area contributed by atoms with Gasteiger partial charge >= 0.3 is 0 Å². The molecule has 6 heteroatoms. The summed E-state index contributed by atoms with van der Waals surface area (Å²) in [7, 11) is 0. The first kappa shape index (κ1) is 19.1. The van der Waals surface area contributed by atoms with E-state index in [4.69, 9.17) is 0 Å². The van der Waals surface area contributed by atoms with Gasteiger partial charge in [-0.1, -0.05) is 19.1 Å². The van der Waals surface area contributed by atoms with Crippen molar-refractivity contribution in [1.82, 2.24) is 15.1 Å². The lowest BCUT2D eigenvalue weighted by atomic mass is 10.1. The number of fused-ring (bicyclic) bond motifs is 1. The van der Waals surface area contributed by atoms with E-state index in [0.29, 0.717) is 37.2 Å². The van der Waals surface area contributed by atoms with Crippen LogP contribution in [0.5, 0.6) is 0 Å². The molecule has 1 heterocycles. The van der Waals surface area contributed by atoms with Gasteiger partial charge in [0.05, 0.1) is 17.7 Å². The molecule has 1 aliphatic rings. The number of hydrogen-bond donors (Lipinski definition) is 1. The predicted octanol–water partition coefficient (Wildman–Crippen LogP) is 1.91. The number of imide groups is 1. The Balaban J connectivity index is 1.84. The molecule has 0 saturated carbocycles. The van der Waals surface area contributed by atoms with Crippen LogP contribution in [0.25, 0.3) is 0 Å². The van der Waals surface area contributed by atoms with Crippen LogP contribution in [0.1, 0.15) is 54.8 Å². The molecular formula is C19H27N3O3. The van der Waals surface area contributed by atoms with Crippen molar-refractivity contribution in [3.63, 3.8) is 0 Å². The fourth-order valence-electron chi connectivity index (χ4n) is 2.90. The summed E-state index contributed by atoms with van der Waals surface area (Å²) in [6, 6.07) is 6.90. The highest BCUT2D eigenvalue weighted by molar-refractivity contribution is 6.21. The van der Waals surface area contributed by atoms with Crippen molar-refractivity contribution in [2.75, 3.05) is 26.2 Å². The second kappa shape index (κ2) is 7.78. The molecule has 0 unspecified atom stereocenters. The van der Waals surface area contributed by atoms with Gasteiger partial charge in [-0.25, -0.2) is 0 Å². The van der Waals surface area contributed by atoms with E-state index in [9.17, 15) is 14.4 Å². The lowest BCUT2D eigenvalue weighted by Gasteiger charge is -2.25. The van der Waals surface area contributed by atoms with E-state index in [1.54, 1.807) is 24.3 Å². The molecule has 0 saturated heterocycles. The van der Waals surface area contributed by atoms with E-state index in [0.717, 1.165) is 6.54 Å². The SMILES string of the molecule is CCN(CCCN1C(=O)c2ccccc2C1=O)CC(=O)NC(C)(C)C. The number of carbonyl (C=O) groups is 3. The van der Waals surface area contributed by atoms with Crippen LogP contribution in [0.4, 0.5) is 0 Å². The average Bonchev–Trinajstić information content (AvgIpc) is 2.77. The molecule has 1 aliphatic heterocycles. The Bertz CT molecular complexity index is 629. The van der Waals surface area contributed by atoms with Crippen LogP contribution in [-0.2, 0) is 4.79 Å². The van der Waals surface area contributed by atoms with Gasteiger partial charge in [0.1, 0.15) is 0 Å². The highest BCUT2D eigenvalue weighted by Gasteiger charge is 2.34. The molecule has 6 nitrogen and oxygen atoms in total. The zero-order valence-electron chi connectivity index (χ0n) is 15.5. The van der Waals surface area contributed by atoms with Gasteiger partial charge in [0.15, 0.2) is 0 Å². The lowest BCUT2D eigenvalue weighted by Crippen LogP contribution is -2.46. The molecule has 0 aromatic heterocycles. The van der Waals surface area contributed by atoms with Crippen molar-refractivity contribution in [3.8, 4) is 0 Å². The van der Waals surface area contributed by atoms with Gasteiger partial charge in [-0.15, -0.1) is 0 Å². The zero-order chi connectivity index (χ0) is 18.6. The predicted molar refractivity (Wildman–Crippen MR) is 96.4 cm³/mol. The number of carbonyl (C=O) groups excluding carboxylic acids is 3. The molecule has 2 rings (SSSR count). The molecular weight excluding hydrogens is 318 g/mol. The third-order valence-corrected chi connectivity index (χ3v) is 4.06. The molecule has 0 radical (unpaired) electrons. The average molecular weight is 345 g/mol. The van der Waals surface area contributed by atoms with Gasteiger partial charge in [-0.2, -0.15) is 0 Å². The quantitative estimate of drug-likeness (QED) is 0.767. The van der Waals surface area contributed by atoms with Crippen molar-refractivity contribution in [2.24, 2.45) is 0 Å². The van der Waals surface area contributed by atoms with Gasteiger partial charge in [-0.05, 0) is 45.9 Å². The van der Waals surface area contributed by atoms with Crippen LogP contribution in [0.3, 0.4) is 0 Å². The van der Waals surface area contributed by atoms with Crippen LogP contribution in [0.2, 0.25) is 0 Å². The molecule has 0 atom stereocenters. The minimum Gasteiger partial charge on any atom is -0.350 e. The monoisotopic (exact) mass is 345 g/mol. The van der Waals surface area contributed by atoms with Gasteiger partial charge in [-0.3, -0.25) is 24.2 Å². The van der Waals surface area contributed by atoms with E-state index in [-0.39, 0.29) is 23.3 Å². The fourth-order valence-corrected chi connectivity index (χ4v) is 2.90. The first-order valence-corrected chi connectivity index (χ1v) is 8.71. The van der Waals surface area contributed by atoms with Crippen LogP contribution < -0.4 is 5.32 Å². The Morgan fingerprint density at radius 2 is 1.68 bits per heavy atom. The second-order valence-corrected chi connectivity index (χ2v) is 7.33. The van der Waals surface area contributed by atoms with E-state index in [1.165, 1.54) is 4.90 Å². The summed E-state index contributed by atoms with van der Waals surface area (Å²) in [5.41, 5.74) is 0.699. The van der Waals surface area contributed by atoms with E-state index in [1.807, 2.05) is 32.6 Å². The van der Waals surface area contributed by atoms with Crippen molar-refractivity contribution < 1.29 is 14.4 Å². The Morgan fingerprint density at radius 1 is 1.12 bits per heavy atom. The number of likely N-dealkylation sites (N-methyl/N-ethyl adjacent to an activating group) is 1. The van der Waals surface area contributed by atoms with Gasteiger partial charge in [0, 0.05) is 18.6 Å². The summed E-state index contributed by atoms with van der Waals surface area (Å²) < 4.78 is 0. The summed E-state index contributed by atoms with van der Waals surface area (Å²) in [6.07, 6.45) is 0.641. The van der Waals surface area contributed by atoms with Crippen LogP contribution in [0, 0.1) is 0 Å². The van der Waals surface area contributed by atoms with Crippen molar-refractivity contribution in [3.05, 3.63) is 35.4 Å². The Kier molecular flexibility index (Phi) is 5.95. The van der Waals surface area contributed by atoms with E-state index < -0.39 is 0 Å². The van der Waals surface area contributed by atoms with Crippen LogP contribution in [-0.4, -0.2) is 59.2 Å². The number of rotatable bonds is 7. The first-order chi connectivity index (χ1) is 11.7. The maximum absolute atomic E-state index is 12.3.